The number of rotatable bonds is 13. The number of nitrogens with zero attached hydrogens (tertiary/aromatic N) is 4. The molecule has 2 heterocycles. The molecule has 0 aliphatic rings. The van der Waals surface area contributed by atoms with Crippen molar-refractivity contribution in [1.29, 1.82) is 0 Å². The summed E-state index contributed by atoms with van der Waals surface area (Å²) in [5.74, 6) is -0.369. The fourth-order valence-electron chi connectivity index (χ4n) is 3.86. The Kier molecular flexibility index (Phi) is 10.5. The van der Waals surface area contributed by atoms with Gasteiger partial charge in [0.15, 0.2) is 0 Å². The minimum atomic E-state index is -1.47. The van der Waals surface area contributed by atoms with Gasteiger partial charge in [-0.1, -0.05) is 36.4 Å². The summed E-state index contributed by atoms with van der Waals surface area (Å²) in [6, 6.07) is 19.5. The maximum Gasteiger partial charge on any atom is 0.255 e. The zero-order valence-corrected chi connectivity index (χ0v) is 20.4. The molecule has 1 amide bonds. The van der Waals surface area contributed by atoms with Gasteiger partial charge >= 0.3 is 0 Å². The number of likely N-dealkylation sites (N-methyl/N-ethyl adjacent to an activating group) is 1. The van der Waals surface area contributed by atoms with Gasteiger partial charge in [0.1, 0.15) is 6.10 Å². The van der Waals surface area contributed by atoms with Gasteiger partial charge in [0.25, 0.3) is 5.91 Å². The van der Waals surface area contributed by atoms with Crippen molar-refractivity contribution in [1.82, 2.24) is 19.8 Å². The quantitative estimate of drug-likeness (QED) is 0.279. The minimum Gasteiger partial charge on any atom is -0.396 e. The number of pyridine rings is 2. The first kappa shape index (κ1) is 27.4. The zero-order chi connectivity index (χ0) is 25.9. The third kappa shape index (κ3) is 8.18. The SMILES string of the molecule is CN(CC(O)C(O)C(O)CCO)C(=O)c1ccc(CN(Cc2ccccc2)Cc2ccccn2)nc1. The number of benzene rings is 1. The Labute approximate surface area is 211 Å². The molecule has 3 aromatic rings. The summed E-state index contributed by atoms with van der Waals surface area (Å²) in [5.41, 5.74) is 3.26. The molecular weight excluding hydrogens is 460 g/mol. The van der Waals surface area contributed by atoms with E-state index in [1.807, 2.05) is 36.4 Å². The number of aliphatic hydroxyl groups excluding tert-OH is 4. The standard InChI is InChI=1S/C27H34N4O5/c1-30(19-25(34)26(35)24(33)12-14-32)27(36)21-10-11-23(29-15-21)18-31(16-20-7-3-2-4-8-20)17-22-9-5-6-13-28-22/h2-11,13,15,24-26,32-35H,12,14,16-19H2,1H3. The molecule has 0 fully saturated rings. The molecule has 192 valence electrons. The van der Waals surface area contributed by atoms with Crippen LogP contribution in [-0.4, -0.2) is 84.6 Å². The number of carbonyl (C=O) groups excluding carboxylic acids is 1. The molecule has 4 N–H and O–H groups in total. The van der Waals surface area contributed by atoms with Crippen LogP contribution < -0.4 is 0 Å². The van der Waals surface area contributed by atoms with Gasteiger partial charge < -0.3 is 25.3 Å². The lowest BCUT2D eigenvalue weighted by molar-refractivity contribution is -0.0709. The molecule has 0 aliphatic carbocycles. The molecule has 0 bridgehead atoms. The van der Waals surface area contributed by atoms with Gasteiger partial charge in [-0.3, -0.25) is 19.7 Å². The van der Waals surface area contributed by atoms with Gasteiger partial charge in [0, 0.05) is 52.2 Å². The number of carbonyl (C=O) groups is 1. The van der Waals surface area contributed by atoms with Crippen molar-refractivity contribution in [3.8, 4) is 0 Å². The van der Waals surface area contributed by atoms with E-state index in [2.05, 4.69) is 27.0 Å². The molecule has 2 aromatic heterocycles. The predicted molar refractivity (Wildman–Crippen MR) is 135 cm³/mol. The Bertz CT molecular complexity index is 1010. The highest BCUT2D eigenvalue weighted by Gasteiger charge is 2.27. The molecule has 0 radical (unpaired) electrons. The van der Waals surface area contributed by atoms with Gasteiger partial charge in [-0.15, -0.1) is 0 Å². The summed E-state index contributed by atoms with van der Waals surface area (Å²) in [6.07, 6.45) is -0.899. The van der Waals surface area contributed by atoms with Crippen molar-refractivity contribution in [3.05, 3.63) is 95.6 Å². The number of aliphatic hydroxyl groups is 4. The predicted octanol–water partition coefficient (Wildman–Crippen LogP) is 1.22. The van der Waals surface area contributed by atoms with Crippen LogP contribution in [0.15, 0.2) is 73.1 Å². The third-order valence-electron chi connectivity index (χ3n) is 5.84. The van der Waals surface area contributed by atoms with E-state index in [0.717, 1.165) is 11.4 Å². The van der Waals surface area contributed by atoms with Crippen LogP contribution in [0.3, 0.4) is 0 Å². The lowest BCUT2D eigenvalue weighted by Gasteiger charge is -2.26. The molecule has 3 rings (SSSR count). The second-order valence-electron chi connectivity index (χ2n) is 8.81. The number of hydrogen-bond donors (Lipinski definition) is 4. The van der Waals surface area contributed by atoms with Gasteiger partial charge in [0.2, 0.25) is 0 Å². The molecule has 0 saturated heterocycles. The van der Waals surface area contributed by atoms with E-state index in [9.17, 15) is 20.1 Å². The summed E-state index contributed by atoms with van der Waals surface area (Å²) in [5, 5.41) is 38.8. The summed E-state index contributed by atoms with van der Waals surface area (Å²) in [7, 11) is 1.50. The number of amides is 1. The fourth-order valence-corrected chi connectivity index (χ4v) is 3.86. The van der Waals surface area contributed by atoms with E-state index in [0.29, 0.717) is 25.2 Å². The molecule has 3 unspecified atom stereocenters. The van der Waals surface area contributed by atoms with Crippen LogP contribution in [0.25, 0.3) is 0 Å². The van der Waals surface area contributed by atoms with Gasteiger partial charge in [-0.2, -0.15) is 0 Å². The van der Waals surface area contributed by atoms with E-state index < -0.39 is 18.3 Å². The molecular formula is C27H34N4O5. The van der Waals surface area contributed by atoms with Crippen molar-refractivity contribution in [2.75, 3.05) is 20.2 Å². The maximum absolute atomic E-state index is 12.8. The number of hydrogen-bond acceptors (Lipinski definition) is 8. The van der Waals surface area contributed by atoms with E-state index in [-0.39, 0.29) is 25.5 Å². The van der Waals surface area contributed by atoms with Crippen LogP contribution in [-0.2, 0) is 19.6 Å². The molecule has 1 aromatic carbocycles. The van der Waals surface area contributed by atoms with E-state index in [4.69, 9.17) is 5.11 Å². The largest absolute Gasteiger partial charge is 0.396 e. The Hall–Kier alpha value is -3.21. The van der Waals surface area contributed by atoms with Crippen LogP contribution in [0.4, 0.5) is 0 Å². The van der Waals surface area contributed by atoms with Crippen molar-refractivity contribution in [3.63, 3.8) is 0 Å². The summed E-state index contributed by atoms with van der Waals surface area (Å²) in [6.45, 7) is 1.42. The number of aromatic nitrogens is 2. The highest BCUT2D eigenvalue weighted by atomic mass is 16.4. The molecule has 0 spiro atoms. The van der Waals surface area contributed by atoms with E-state index in [1.54, 1.807) is 18.3 Å². The smallest absolute Gasteiger partial charge is 0.255 e. The minimum absolute atomic E-state index is 0.0666. The maximum atomic E-state index is 12.8. The van der Waals surface area contributed by atoms with Crippen LogP contribution in [0.5, 0.6) is 0 Å². The molecule has 0 saturated carbocycles. The summed E-state index contributed by atoms with van der Waals surface area (Å²) < 4.78 is 0. The van der Waals surface area contributed by atoms with Crippen LogP contribution >= 0.6 is 0 Å². The first-order valence-corrected chi connectivity index (χ1v) is 11.9. The second kappa shape index (κ2) is 13.8. The Morgan fingerprint density at radius 2 is 1.56 bits per heavy atom. The Morgan fingerprint density at radius 3 is 2.17 bits per heavy atom. The molecule has 36 heavy (non-hydrogen) atoms. The normalized spacial score (nSPS) is 13.8. The topological polar surface area (TPSA) is 130 Å². The van der Waals surface area contributed by atoms with Crippen LogP contribution in [0.1, 0.15) is 33.7 Å². The monoisotopic (exact) mass is 494 g/mol. The first-order valence-electron chi connectivity index (χ1n) is 11.9. The average Bonchev–Trinajstić information content (AvgIpc) is 2.89. The first-order chi connectivity index (χ1) is 17.4. The van der Waals surface area contributed by atoms with Crippen molar-refractivity contribution >= 4 is 5.91 Å². The molecule has 0 aliphatic heterocycles. The fraction of sp³-hybridized carbons (Fsp3) is 0.370. The van der Waals surface area contributed by atoms with E-state index in [1.165, 1.54) is 23.7 Å². The average molecular weight is 495 g/mol. The van der Waals surface area contributed by atoms with Gasteiger partial charge in [0.05, 0.1) is 29.2 Å². The molecule has 9 heteroatoms. The van der Waals surface area contributed by atoms with Crippen molar-refractivity contribution < 1.29 is 25.2 Å². The Morgan fingerprint density at radius 1 is 0.861 bits per heavy atom. The Balaban J connectivity index is 1.63. The van der Waals surface area contributed by atoms with Gasteiger partial charge in [-0.25, -0.2) is 0 Å². The van der Waals surface area contributed by atoms with Gasteiger partial charge in [-0.05, 0) is 36.2 Å². The highest BCUT2D eigenvalue weighted by Crippen LogP contribution is 2.14. The molecule has 3 atom stereocenters. The second-order valence-corrected chi connectivity index (χ2v) is 8.81. The highest BCUT2D eigenvalue weighted by molar-refractivity contribution is 5.93. The summed E-state index contributed by atoms with van der Waals surface area (Å²) >= 11 is 0. The van der Waals surface area contributed by atoms with Crippen molar-refractivity contribution in [2.24, 2.45) is 0 Å². The third-order valence-corrected chi connectivity index (χ3v) is 5.84. The zero-order valence-electron chi connectivity index (χ0n) is 20.4. The van der Waals surface area contributed by atoms with E-state index >= 15 is 0 Å². The summed E-state index contributed by atoms with van der Waals surface area (Å²) in [4.78, 5) is 25.2. The molecule has 9 nitrogen and oxygen atoms in total. The van der Waals surface area contributed by atoms with Crippen LogP contribution in [0.2, 0.25) is 0 Å². The lowest BCUT2D eigenvalue weighted by Crippen LogP contribution is -2.45. The van der Waals surface area contributed by atoms with Crippen molar-refractivity contribution in [2.45, 2.75) is 44.4 Å². The van der Waals surface area contributed by atoms with Crippen LogP contribution in [0, 0.1) is 0 Å². The lowest BCUT2D eigenvalue weighted by atomic mass is 10.0.